The van der Waals surface area contributed by atoms with Gasteiger partial charge in [0, 0.05) is 11.3 Å². The molecule has 2 aromatic heterocycles. The summed E-state index contributed by atoms with van der Waals surface area (Å²) in [5, 5.41) is 12.6. The van der Waals surface area contributed by atoms with Gasteiger partial charge in [-0.25, -0.2) is 14.1 Å². The number of thioether (sulfide) groups is 1. The third-order valence-corrected chi connectivity index (χ3v) is 4.31. The zero-order valence-corrected chi connectivity index (χ0v) is 12.3. The van der Waals surface area contributed by atoms with Crippen LogP contribution >= 0.6 is 11.8 Å². The molecule has 22 heavy (non-hydrogen) atoms. The Hall–Kier alpha value is -2.22. The lowest BCUT2D eigenvalue weighted by atomic mass is 10.2. The second kappa shape index (κ2) is 5.53. The van der Waals surface area contributed by atoms with E-state index >= 15 is 0 Å². The predicted molar refractivity (Wildman–Crippen MR) is 77.5 cm³/mol. The van der Waals surface area contributed by atoms with Crippen molar-refractivity contribution in [3.8, 4) is 11.5 Å². The smallest absolute Gasteiger partial charge is 0.226 e. The second-order valence-corrected chi connectivity index (χ2v) is 6.02. The van der Waals surface area contributed by atoms with E-state index < -0.39 is 0 Å². The second-order valence-electron chi connectivity index (χ2n) is 5.08. The molecular weight excluding hydrogens is 305 g/mol. The maximum atomic E-state index is 12.9. The molecule has 1 aliphatic carbocycles. The minimum absolute atomic E-state index is 0.280. The number of benzene rings is 1. The average Bonchev–Trinajstić information content (AvgIpc) is 3.09. The third-order valence-electron chi connectivity index (χ3n) is 3.35. The molecule has 1 aliphatic rings. The quantitative estimate of drug-likeness (QED) is 0.674. The van der Waals surface area contributed by atoms with Gasteiger partial charge in [-0.15, -0.1) is 5.10 Å². The van der Waals surface area contributed by atoms with Crippen LogP contribution in [0.25, 0.3) is 11.5 Å². The standard InChI is InChI=1S/C14H12FN5OS/c15-10-3-1-9(2-4-10)13-16-11(7-21-13)8-22-14-17-18-19-20(14)12-5-6-12/h1-4,7,12H,5-6,8H2. The number of oxazole rings is 1. The van der Waals surface area contributed by atoms with Crippen molar-refractivity contribution in [1.82, 2.24) is 25.2 Å². The first-order valence-corrected chi connectivity index (χ1v) is 7.89. The largest absolute Gasteiger partial charge is 0.444 e. The van der Waals surface area contributed by atoms with E-state index in [4.69, 9.17) is 4.42 Å². The fraction of sp³-hybridized carbons (Fsp3) is 0.286. The molecule has 8 heteroatoms. The number of aromatic nitrogens is 5. The molecule has 112 valence electrons. The van der Waals surface area contributed by atoms with Gasteiger partial charge in [0.1, 0.15) is 12.1 Å². The average molecular weight is 317 g/mol. The Morgan fingerprint density at radius 3 is 2.86 bits per heavy atom. The molecule has 0 amide bonds. The van der Waals surface area contributed by atoms with E-state index in [1.807, 2.05) is 4.68 Å². The molecule has 0 spiro atoms. The Balaban J connectivity index is 1.45. The van der Waals surface area contributed by atoms with Crippen molar-refractivity contribution in [2.24, 2.45) is 0 Å². The summed E-state index contributed by atoms with van der Waals surface area (Å²) in [5.41, 5.74) is 1.55. The molecule has 0 radical (unpaired) electrons. The summed E-state index contributed by atoms with van der Waals surface area (Å²) < 4.78 is 20.2. The first-order chi connectivity index (χ1) is 10.8. The minimum atomic E-state index is -0.280. The molecular formula is C14H12FN5OS. The lowest BCUT2D eigenvalue weighted by Crippen LogP contribution is -1.98. The van der Waals surface area contributed by atoms with Gasteiger partial charge in [-0.1, -0.05) is 11.8 Å². The van der Waals surface area contributed by atoms with Gasteiger partial charge in [0.05, 0.1) is 11.7 Å². The zero-order valence-electron chi connectivity index (χ0n) is 11.5. The Morgan fingerprint density at radius 2 is 2.09 bits per heavy atom. The van der Waals surface area contributed by atoms with Gasteiger partial charge in [-0.05, 0) is 47.5 Å². The Labute approximate surface area is 129 Å². The molecule has 0 aliphatic heterocycles. The van der Waals surface area contributed by atoms with Gasteiger partial charge in [-0.3, -0.25) is 0 Å². The van der Waals surface area contributed by atoms with Crippen LogP contribution in [0.1, 0.15) is 24.6 Å². The molecule has 0 bridgehead atoms. The SMILES string of the molecule is Fc1ccc(-c2nc(CSc3nnnn3C3CC3)co2)cc1. The highest BCUT2D eigenvalue weighted by molar-refractivity contribution is 7.98. The summed E-state index contributed by atoms with van der Waals surface area (Å²) in [7, 11) is 0. The van der Waals surface area contributed by atoms with Crippen molar-refractivity contribution in [3.63, 3.8) is 0 Å². The van der Waals surface area contributed by atoms with Crippen molar-refractivity contribution < 1.29 is 8.81 Å². The molecule has 2 heterocycles. The van der Waals surface area contributed by atoms with E-state index in [2.05, 4.69) is 20.5 Å². The number of halogens is 1. The van der Waals surface area contributed by atoms with E-state index in [9.17, 15) is 4.39 Å². The summed E-state index contributed by atoms with van der Waals surface area (Å²) in [6.45, 7) is 0. The van der Waals surface area contributed by atoms with Gasteiger partial charge in [0.2, 0.25) is 11.0 Å². The van der Waals surface area contributed by atoms with Crippen molar-refractivity contribution in [2.75, 3.05) is 0 Å². The van der Waals surface area contributed by atoms with Crippen LogP contribution in [0, 0.1) is 5.82 Å². The van der Waals surface area contributed by atoms with Crippen LogP contribution in [0.5, 0.6) is 0 Å². The van der Waals surface area contributed by atoms with Crippen LogP contribution in [0.2, 0.25) is 0 Å². The fourth-order valence-corrected chi connectivity index (χ4v) is 2.89. The van der Waals surface area contributed by atoms with Crippen molar-refractivity contribution in [3.05, 3.63) is 42.0 Å². The Morgan fingerprint density at radius 1 is 1.27 bits per heavy atom. The van der Waals surface area contributed by atoms with E-state index in [1.54, 1.807) is 18.4 Å². The van der Waals surface area contributed by atoms with Crippen molar-refractivity contribution >= 4 is 11.8 Å². The lowest BCUT2D eigenvalue weighted by Gasteiger charge is -1.99. The van der Waals surface area contributed by atoms with Crippen LogP contribution < -0.4 is 0 Å². The summed E-state index contributed by atoms with van der Waals surface area (Å²) in [6, 6.07) is 6.51. The lowest BCUT2D eigenvalue weighted by molar-refractivity contribution is 0.565. The third kappa shape index (κ3) is 2.74. The molecule has 3 aromatic rings. The van der Waals surface area contributed by atoms with E-state index in [0.717, 1.165) is 29.3 Å². The van der Waals surface area contributed by atoms with Gasteiger partial charge in [0.25, 0.3) is 0 Å². The molecule has 4 rings (SSSR count). The molecule has 1 fully saturated rings. The van der Waals surface area contributed by atoms with Crippen LogP contribution in [-0.4, -0.2) is 25.2 Å². The maximum Gasteiger partial charge on any atom is 0.226 e. The zero-order chi connectivity index (χ0) is 14.9. The highest BCUT2D eigenvalue weighted by atomic mass is 32.2. The number of nitrogens with zero attached hydrogens (tertiary/aromatic N) is 5. The van der Waals surface area contributed by atoms with Gasteiger partial charge in [-0.2, -0.15) is 0 Å². The van der Waals surface area contributed by atoms with Crippen LogP contribution in [-0.2, 0) is 5.75 Å². The highest BCUT2D eigenvalue weighted by Crippen LogP contribution is 2.36. The van der Waals surface area contributed by atoms with Crippen LogP contribution in [0.4, 0.5) is 4.39 Å². The van der Waals surface area contributed by atoms with Crippen molar-refractivity contribution in [2.45, 2.75) is 29.8 Å². The van der Waals surface area contributed by atoms with Crippen LogP contribution in [0.15, 0.2) is 40.1 Å². The van der Waals surface area contributed by atoms with E-state index in [-0.39, 0.29) is 5.82 Å². The van der Waals surface area contributed by atoms with E-state index in [0.29, 0.717) is 17.7 Å². The molecule has 6 nitrogen and oxygen atoms in total. The monoisotopic (exact) mass is 317 g/mol. The molecule has 1 saturated carbocycles. The summed E-state index contributed by atoms with van der Waals surface area (Å²) in [6.07, 6.45) is 3.88. The number of hydrogen-bond acceptors (Lipinski definition) is 6. The first-order valence-electron chi connectivity index (χ1n) is 6.90. The molecule has 1 aromatic carbocycles. The number of hydrogen-bond donors (Lipinski definition) is 0. The first kappa shape index (κ1) is 13.4. The van der Waals surface area contributed by atoms with Gasteiger partial charge < -0.3 is 4.42 Å². The highest BCUT2D eigenvalue weighted by Gasteiger charge is 2.27. The van der Waals surface area contributed by atoms with Gasteiger partial charge >= 0.3 is 0 Å². The van der Waals surface area contributed by atoms with E-state index in [1.165, 1.54) is 23.9 Å². The number of rotatable bonds is 5. The van der Waals surface area contributed by atoms with Gasteiger partial charge in [0.15, 0.2) is 0 Å². The summed E-state index contributed by atoms with van der Waals surface area (Å²) in [5.74, 6) is 0.827. The Bertz CT molecular complexity index is 781. The summed E-state index contributed by atoms with van der Waals surface area (Å²) >= 11 is 1.53. The molecule has 0 N–H and O–H groups in total. The molecule has 0 saturated heterocycles. The maximum absolute atomic E-state index is 12.9. The number of tetrazole rings is 1. The minimum Gasteiger partial charge on any atom is -0.444 e. The predicted octanol–water partition coefficient (Wildman–Crippen LogP) is 3.09. The fourth-order valence-electron chi connectivity index (χ4n) is 2.07. The normalized spacial score (nSPS) is 14.4. The van der Waals surface area contributed by atoms with Crippen LogP contribution in [0.3, 0.4) is 0 Å². The van der Waals surface area contributed by atoms with Crippen molar-refractivity contribution in [1.29, 1.82) is 0 Å². The molecule has 0 unspecified atom stereocenters. The summed E-state index contributed by atoms with van der Waals surface area (Å²) in [4.78, 5) is 4.41. The molecule has 0 atom stereocenters. The Kier molecular flexibility index (Phi) is 3.38. The topological polar surface area (TPSA) is 69.6 Å².